The van der Waals surface area contributed by atoms with Crippen LogP contribution in [0.3, 0.4) is 0 Å². The average Bonchev–Trinajstić information content (AvgIpc) is 2.75. The van der Waals surface area contributed by atoms with Gasteiger partial charge in [-0.25, -0.2) is 4.39 Å². The molecule has 1 aromatic rings. The molecule has 0 spiro atoms. The second kappa shape index (κ2) is 4.93. The average molecular weight is 243 g/mol. The van der Waals surface area contributed by atoms with Gasteiger partial charge in [0.05, 0.1) is 6.61 Å². The van der Waals surface area contributed by atoms with E-state index in [2.05, 4.69) is 0 Å². The number of halogens is 2. The van der Waals surface area contributed by atoms with Crippen molar-refractivity contribution in [1.29, 1.82) is 0 Å². The first-order valence-electron chi connectivity index (χ1n) is 5.21. The minimum Gasteiger partial charge on any atom is -0.381 e. The Morgan fingerprint density at radius 2 is 2.38 bits per heavy atom. The molecule has 1 aliphatic rings. The van der Waals surface area contributed by atoms with E-state index in [1.54, 1.807) is 6.07 Å². The second-order valence-corrected chi connectivity index (χ2v) is 4.35. The minimum atomic E-state index is -0.384. The van der Waals surface area contributed by atoms with Crippen LogP contribution < -0.4 is 0 Å². The number of carbonyl (C=O) groups is 1. The fourth-order valence-electron chi connectivity index (χ4n) is 1.79. The van der Waals surface area contributed by atoms with E-state index in [0.29, 0.717) is 23.8 Å². The molecular weight excluding hydrogens is 231 g/mol. The van der Waals surface area contributed by atoms with Gasteiger partial charge in [-0.3, -0.25) is 4.79 Å². The van der Waals surface area contributed by atoms with E-state index in [9.17, 15) is 9.18 Å². The summed E-state index contributed by atoms with van der Waals surface area (Å²) in [6.07, 6.45) is 1.03. The van der Waals surface area contributed by atoms with Gasteiger partial charge in [0.1, 0.15) is 11.6 Å². The molecule has 1 heterocycles. The molecule has 4 heteroatoms. The van der Waals surface area contributed by atoms with Crippen LogP contribution in [0.15, 0.2) is 18.2 Å². The molecule has 0 amide bonds. The summed E-state index contributed by atoms with van der Waals surface area (Å²) in [6, 6.07) is 4.11. The van der Waals surface area contributed by atoms with Crippen molar-refractivity contribution in [1.82, 2.24) is 0 Å². The zero-order valence-electron chi connectivity index (χ0n) is 8.71. The van der Waals surface area contributed by atoms with E-state index >= 15 is 0 Å². The first-order chi connectivity index (χ1) is 7.66. The van der Waals surface area contributed by atoms with Crippen LogP contribution in [-0.4, -0.2) is 19.0 Å². The number of ether oxygens (including phenoxy) is 1. The van der Waals surface area contributed by atoms with Crippen LogP contribution in [0, 0.1) is 11.7 Å². The number of ketones is 1. The van der Waals surface area contributed by atoms with E-state index in [1.165, 1.54) is 12.1 Å². The van der Waals surface area contributed by atoms with Crippen LogP contribution in [0.1, 0.15) is 12.0 Å². The van der Waals surface area contributed by atoms with Gasteiger partial charge in [-0.05, 0) is 24.1 Å². The van der Waals surface area contributed by atoms with Gasteiger partial charge in [0, 0.05) is 24.0 Å². The zero-order chi connectivity index (χ0) is 11.5. The largest absolute Gasteiger partial charge is 0.381 e. The Labute approximate surface area is 98.4 Å². The monoisotopic (exact) mass is 242 g/mol. The van der Waals surface area contributed by atoms with Gasteiger partial charge in [0.2, 0.25) is 0 Å². The molecule has 0 aromatic heterocycles. The van der Waals surface area contributed by atoms with Crippen LogP contribution in [0.4, 0.5) is 4.39 Å². The molecule has 2 nitrogen and oxygen atoms in total. The molecule has 2 rings (SSSR count). The maximum Gasteiger partial charge on any atom is 0.142 e. The summed E-state index contributed by atoms with van der Waals surface area (Å²) in [5.74, 6) is -0.294. The normalized spacial score (nSPS) is 20.0. The lowest BCUT2D eigenvalue weighted by atomic mass is 9.97. The molecule has 0 saturated carbocycles. The quantitative estimate of drug-likeness (QED) is 0.815. The SMILES string of the molecule is O=C(Cc1ccc(F)cc1Cl)C1CCOC1. The predicted molar refractivity (Wildman–Crippen MR) is 59.0 cm³/mol. The van der Waals surface area contributed by atoms with E-state index in [4.69, 9.17) is 16.3 Å². The summed E-state index contributed by atoms with van der Waals surface area (Å²) in [6.45, 7) is 1.14. The third-order valence-electron chi connectivity index (χ3n) is 2.76. The van der Waals surface area contributed by atoms with Crippen molar-refractivity contribution in [2.75, 3.05) is 13.2 Å². The Balaban J connectivity index is 2.05. The fourth-order valence-corrected chi connectivity index (χ4v) is 2.02. The van der Waals surface area contributed by atoms with Crippen molar-refractivity contribution in [3.63, 3.8) is 0 Å². The van der Waals surface area contributed by atoms with Gasteiger partial charge >= 0.3 is 0 Å². The fraction of sp³-hybridized carbons (Fsp3) is 0.417. The van der Waals surface area contributed by atoms with E-state index in [-0.39, 0.29) is 23.9 Å². The van der Waals surface area contributed by atoms with Crippen LogP contribution in [0.2, 0.25) is 5.02 Å². The number of rotatable bonds is 3. The maximum atomic E-state index is 12.8. The lowest BCUT2D eigenvalue weighted by Crippen LogP contribution is -2.16. The highest BCUT2D eigenvalue weighted by molar-refractivity contribution is 6.31. The molecule has 0 aliphatic carbocycles. The summed E-state index contributed by atoms with van der Waals surface area (Å²) >= 11 is 5.86. The molecule has 1 saturated heterocycles. The molecule has 0 N–H and O–H groups in total. The van der Waals surface area contributed by atoms with Crippen molar-refractivity contribution in [3.8, 4) is 0 Å². The summed E-state index contributed by atoms with van der Waals surface area (Å²) in [7, 11) is 0. The van der Waals surface area contributed by atoms with Crippen molar-refractivity contribution in [2.24, 2.45) is 5.92 Å². The molecule has 1 aromatic carbocycles. The smallest absolute Gasteiger partial charge is 0.142 e. The third kappa shape index (κ3) is 2.60. The molecule has 1 fully saturated rings. The lowest BCUT2D eigenvalue weighted by Gasteiger charge is -2.07. The van der Waals surface area contributed by atoms with Crippen molar-refractivity contribution in [2.45, 2.75) is 12.8 Å². The Hall–Kier alpha value is -0.930. The standard InChI is InChI=1S/C12H12ClFO2/c13-11-6-10(14)2-1-8(11)5-12(15)9-3-4-16-7-9/h1-2,6,9H,3-5,7H2. The van der Waals surface area contributed by atoms with Crippen molar-refractivity contribution < 1.29 is 13.9 Å². The minimum absolute atomic E-state index is 0.0267. The Kier molecular flexibility index (Phi) is 3.56. The van der Waals surface area contributed by atoms with Gasteiger partial charge in [0.25, 0.3) is 0 Å². The summed E-state index contributed by atoms with van der Waals surface area (Å²) in [5, 5.41) is 0.312. The van der Waals surface area contributed by atoms with Gasteiger partial charge in [0.15, 0.2) is 0 Å². The molecule has 1 atom stereocenters. The van der Waals surface area contributed by atoms with Gasteiger partial charge in [-0.1, -0.05) is 17.7 Å². The number of Topliss-reactive ketones (excluding diaryl/α,β-unsaturated/α-hetero) is 1. The van der Waals surface area contributed by atoms with Crippen LogP contribution in [0.25, 0.3) is 0 Å². The third-order valence-corrected chi connectivity index (χ3v) is 3.12. The van der Waals surface area contributed by atoms with Crippen LogP contribution in [0.5, 0.6) is 0 Å². The molecule has 1 aliphatic heterocycles. The van der Waals surface area contributed by atoms with Gasteiger partial charge < -0.3 is 4.74 Å². The first-order valence-corrected chi connectivity index (χ1v) is 5.59. The van der Waals surface area contributed by atoms with Gasteiger partial charge in [-0.15, -0.1) is 0 Å². The van der Waals surface area contributed by atoms with Crippen molar-refractivity contribution in [3.05, 3.63) is 34.6 Å². The van der Waals surface area contributed by atoms with E-state index < -0.39 is 0 Å². The summed E-state index contributed by atoms with van der Waals surface area (Å²) in [5.41, 5.74) is 0.681. The lowest BCUT2D eigenvalue weighted by molar-refractivity contribution is -0.122. The van der Waals surface area contributed by atoms with Crippen molar-refractivity contribution >= 4 is 17.4 Å². The zero-order valence-corrected chi connectivity index (χ0v) is 9.47. The molecule has 1 unspecified atom stereocenters. The number of hydrogen-bond acceptors (Lipinski definition) is 2. The van der Waals surface area contributed by atoms with Crippen LogP contribution in [-0.2, 0) is 16.0 Å². The Morgan fingerprint density at radius 3 is 3.00 bits per heavy atom. The summed E-state index contributed by atoms with van der Waals surface area (Å²) < 4.78 is 17.9. The Morgan fingerprint density at radius 1 is 1.56 bits per heavy atom. The van der Waals surface area contributed by atoms with Gasteiger partial charge in [-0.2, -0.15) is 0 Å². The highest BCUT2D eigenvalue weighted by Gasteiger charge is 2.23. The Bertz CT molecular complexity index is 400. The molecule has 16 heavy (non-hydrogen) atoms. The molecule has 86 valence electrons. The highest BCUT2D eigenvalue weighted by Crippen LogP contribution is 2.21. The van der Waals surface area contributed by atoms with E-state index in [1.807, 2.05) is 0 Å². The van der Waals surface area contributed by atoms with E-state index in [0.717, 1.165) is 6.42 Å². The molecular formula is C12H12ClFO2. The topological polar surface area (TPSA) is 26.3 Å². The molecule has 0 bridgehead atoms. The second-order valence-electron chi connectivity index (χ2n) is 3.94. The maximum absolute atomic E-state index is 12.8. The predicted octanol–water partition coefficient (Wildman–Crippen LogP) is 2.63. The number of hydrogen-bond donors (Lipinski definition) is 0. The summed E-state index contributed by atoms with van der Waals surface area (Å²) in [4.78, 5) is 11.8. The number of carbonyl (C=O) groups excluding carboxylic acids is 1. The first kappa shape index (κ1) is 11.6. The highest BCUT2D eigenvalue weighted by atomic mass is 35.5. The van der Waals surface area contributed by atoms with Crippen LogP contribution >= 0.6 is 11.6 Å². The number of benzene rings is 1. The molecule has 0 radical (unpaired) electrons.